The summed E-state index contributed by atoms with van der Waals surface area (Å²) in [5.41, 5.74) is -1.48. The van der Waals surface area contributed by atoms with Gasteiger partial charge in [-0.3, -0.25) is 14.4 Å². The number of aliphatic hydroxyl groups is 1. The van der Waals surface area contributed by atoms with Crippen LogP contribution in [0.15, 0.2) is 54.6 Å². The number of ether oxygens (including phenoxy) is 2. The van der Waals surface area contributed by atoms with E-state index in [1.807, 2.05) is 61.6 Å². The molecule has 4 aliphatic rings. The molecule has 2 amide bonds. The number of allylic oxidation sites excluding steroid dienone is 1. The molecule has 0 radical (unpaired) electrons. The molecule has 8 nitrogen and oxygen atoms in total. The minimum Gasteiger partial charge on any atom is -0.465 e. The number of fused-ring (bicyclic) bond motifs is 2. The van der Waals surface area contributed by atoms with Crippen molar-refractivity contribution in [1.29, 1.82) is 0 Å². The number of cyclic esters (lactones) is 1. The second-order valence-corrected chi connectivity index (χ2v) is 10.3. The molecule has 0 aromatic heterocycles. The van der Waals surface area contributed by atoms with Crippen molar-refractivity contribution in [3.63, 3.8) is 0 Å². The van der Waals surface area contributed by atoms with E-state index in [4.69, 9.17) is 9.47 Å². The molecule has 0 aliphatic carbocycles. The molecule has 8 heteroatoms. The predicted octanol–water partition coefficient (Wildman–Crippen LogP) is 2.22. The Morgan fingerprint density at radius 2 is 1.86 bits per heavy atom. The Labute approximate surface area is 211 Å². The Morgan fingerprint density at radius 3 is 2.58 bits per heavy atom. The zero-order valence-electron chi connectivity index (χ0n) is 20.8. The number of likely N-dealkylation sites (tertiary alicyclic amines) is 1. The molecule has 1 unspecified atom stereocenters. The Bertz CT molecular complexity index is 1080. The molecule has 1 aromatic rings. The molecule has 1 aromatic carbocycles. The molecule has 36 heavy (non-hydrogen) atoms. The average Bonchev–Trinajstić information content (AvgIpc) is 3.22. The van der Waals surface area contributed by atoms with Gasteiger partial charge in [-0.2, -0.15) is 0 Å². The van der Waals surface area contributed by atoms with Crippen molar-refractivity contribution in [3.05, 3.63) is 60.2 Å². The van der Waals surface area contributed by atoms with Crippen LogP contribution in [0.3, 0.4) is 0 Å². The van der Waals surface area contributed by atoms with Gasteiger partial charge in [0.05, 0.1) is 30.8 Å². The lowest BCUT2D eigenvalue weighted by Gasteiger charge is -2.40. The van der Waals surface area contributed by atoms with E-state index in [1.54, 1.807) is 11.8 Å². The quantitative estimate of drug-likeness (QED) is 0.498. The van der Waals surface area contributed by atoms with E-state index >= 15 is 0 Å². The molecule has 1 N–H and O–H groups in total. The summed E-state index contributed by atoms with van der Waals surface area (Å²) in [5.74, 6) is -2.91. The lowest BCUT2D eigenvalue weighted by Crippen LogP contribution is -2.58. The number of rotatable bonds is 5. The second-order valence-electron chi connectivity index (χ2n) is 10.3. The standard InChI is InChI=1S/C28H34N2O6/c1-3-20(18-31)30-23-25(33)29(17-19-11-6-4-7-12-19)15-10-14-28(23)21(24(30)32)22-26(34)35-16-9-5-8-13-27(22,2)36-28/h4,6-8,10-14,20-23,31H,3,5,9,15-18H2,1-2H3/b13-8-/t20-,21-,22-,23?,27+,28-/m0/s1. The van der Waals surface area contributed by atoms with Crippen LogP contribution in [-0.4, -0.2) is 75.7 Å². The van der Waals surface area contributed by atoms with E-state index in [2.05, 4.69) is 0 Å². The number of aliphatic hydroxyl groups excluding tert-OH is 1. The van der Waals surface area contributed by atoms with Gasteiger partial charge in [-0.1, -0.05) is 61.6 Å². The SMILES string of the molecule is CC[C@@H](CO)N1C(=O)[C@@H]2[C@H]3C(=O)OCCC/C=C\[C@@]3(C)O[C@@]23C=CCN(Cc2ccccc2)C(=O)C13. The Kier molecular flexibility index (Phi) is 6.51. The lowest BCUT2D eigenvalue weighted by atomic mass is 9.74. The molecule has 0 bridgehead atoms. The van der Waals surface area contributed by atoms with Crippen LogP contribution in [0.1, 0.15) is 38.7 Å². The van der Waals surface area contributed by atoms with Gasteiger partial charge in [-0.05, 0) is 31.7 Å². The van der Waals surface area contributed by atoms with E-state index in [-0.39, 0.29) is 25.0 Å². The van der Waals surface area contributed by atoms with Crippen LogP contribution in [0.2, 0.25) is 0 Å². The van der Waals surface area contributed by atoms with Crippen molar-refractivity contribution in [1.82, 2.24) is 9.80 Å². The third-order valence-corrected chi connectivity index (χ3v) is 8.06. The van der Waals surface area contributed by atoms with E-state index in [9.17, 15) is 19.5 Å². The molecule has 6 atom stereocenters. The Morgan fingerprint density at radius 1 is 1.08 bits per heavy atom. The van der Waals surface area contributed by atoms with Gasteiger partial charge >= 0.3 is 5.97 Å². The molecule has 192 valence electrons. The fourth-order valence-electron chi connectivity index (χ4n) is 6.37. The first-order valence-corrected chi connectivity index (χ1v) is 12.8. The third-order valence-electron chi connectivity index (χ3n) is 8.06. The number of carbonyl (C=O) groups excluding carboxylic acids is 3. The number of esters is 1. The van der Waals surface area contributed by atoms with Crippen LogP contribution in [0.5, 0.6) is 0 Å². The number of benzene rings is 1. The summed E-state index contributed by atoms with van der Waals surface area (Å²) in [6, 6.07) is 8.12. The van der Waals surface area contributed by atoms with Crippen LogP contribution in [0.4, 0.5) is 0 Å². The van der Waals surface area contributed by atoms with E-state index < -0.39 is 41.1 Å². The number of hydrogen-bond donors (Lipinski definition) is 1. The first kappa shape index (κ1) is 24.7. The first-order valence-electron chi connectivity index (χ1n) is 12.8. The molecular weight excluding hydrogens is 460 g/mol. The number of hydrogen-bond acceptors (Lipinski definition) is 6. The smallest absolute Gasteiger partial charge is 0.313 e. The average molecular weight is 495 g/mol. The monoisotopic (exact) mass is 494 g/mol. The van der Waals surface area contributed by atoms with Gasteiger partial charge in [0.15, 0.2) is 0 Å². The van der Waals surface area contributed by atoms with Gasteiger partial charge < -0.3 is 24.4 Å². The Hall–Kier alpha value is -2.97. The van der Waals surface area contributed by atoms with E-state index in [0.717, 1.165) is 12.0 Å². The highest BCUT2D eigenvalue weighted by atomic mass is 16.6. The van der Waals surface area contributed by atoms with Crippen LogP contribution >= 0.6 is 0 Å². The zero-order valence-corrected chi connectivity index (χ0v) is 20.8. The highest BCUT2D eigenvalue weighted by molar-refractivity contribution is 5.99. The van der Waals surface area contributed by atoms with Gasteiger partial charge in [0.25, 0.3) is 0 Å². The zero-order chi connectivity index (χ0) is 25.5. The molecular formula is C28H34N2O6. The number of carbonyl (C=O) groups is 3. The molecule has 4 aliphatic heterocycles. The largest absolute Gasteiger partial charge is 0.465 e. The molecule has 2 saturated heterocycles. The van der Waals surface area contributed by atoms with Crippen LogP contribution in [0, 0.1) is 11.8 Å². The minimum absolute atomic E-state index is 0.251. The first-order chi connectivity index (χ1) is 17.4. The summed E-state index contributed by atoms with van der Waals surface area (Å²) in [6.45, 7) is 4.38. The summed E-state index contributed by atoms with van der Waals surface area (Å²) in [4.78, 5) is 45.0. The second kappa shape index (κ2) is 9.48. The molecule has 4 heterocycles. The molecule has 2 fully saturated rings. The van der Waals surface area contributed by atoms with Gasteiger partial charge in [-0.15, -0.1) is 0 Å². The maximum atomic E-state index is 14.2. The highest BCUT2D eigenvalue weighted by Crippen LogP contribution is 2.57. The lowest BCUT2D eigenvalue weighted by molar-refractivity contribution is -0.161. The summed E-state index contributed by atoms with van der Waals surface area (Å²) in [7, 11) is 0. The van der Waals surface area contributed by atoms with Crippen molar-refractivity contribution < 1.29 is 29.0 Å². The fourth-order valence-corrected chi connectivity index (χ4v) is 6.37. The van der Waals surface area contributed by atoms with Gasteiger partial charge in [0.1, 0.15) is 17.6 Å². The summed E-state index contributed by atoms with van der Waals surface area (Å²) in [6.07, 6.45) is 9.40. The van der Waals surface area contributed by atoms with Crippen molar-refractivity contribution >= 4 is 17.8 Å². The third kappa shape index (κ3) is 3.78. The topological polar surface area (TPSA) is 96.4 Å². The van der Waals surface area contributed by atoms with E-state index in [0.29, 0.717) is 25.9 Å². The Balaban J connectivity index is 1.63. The summed E-state index contributed by atoms with van der Waals surface area (Å²) < 4.78 is 12.3. The van der Waals surface area contributed by atoms with Crippen molar-refractivity contribution in [2.75, 3.05) is 19.8 Å². The van der Waals surface area contributed by atoms with Crippen molar-refractivity contribution in [2.24, 2.45) is 11.8 Å². The number of nitrogens with zero attached hydrogens (tertiary/aromatic N) is 2. The fraction of sp³-hybridized carbons (Fsp3) is 0.536. The van der Waals surface area contributed by atoms with Crippen LogP contribution in [-0.2, 0) is 30.4 Å². The van der Waals surface area contributed by atoms with Gasteiger partial charge in [-0.25, -0.2) is 0 Å². The number of amides is 2. The van der Waals surface area contributed by atoms with Crippen molar-refractivity contribution in [3.8, 4) is 0 Å². The maximum absolute atomic E-state index is 14.2. The minimum atomic E-state index is -1.34. The van der Waals surface area contributed by atoms with Crippen LogP contribution < -0.4 is 0 Å². The van der Waals surface area contributed by atoms with Crippen LogP contribution in [0.25, 0.3) is 0 Å². The van der Waals surface area contributed by atoms with Gasteiger partial charge in [0, 0.05) is 13.1 Å². The van der Waals surface area contributed by atoms with Gasteiger partial charge in [0.2, 0.25) is 11.8 Å². The maximum Gasteiger partial charge on any atom is 0.313 e. The predicted molar refractivity (Wildman–Crippen MR) is 131 cm³/mol. The summed E-state index contributed by atoms with van der Waals surface area (Å²) >= 11 is 0. The molecule has 1 spiro atoms. The van der Waals surface area contributed by atoms with E-state index in [1.165, 1.54) is 4.90 Å². The summed E-state index contributed by atoms with van der Waals surface area (Å²) in [5, 5.41) is 10.2. The normalized spacial score (nSPS) is 35.6. The highest BCUT2D eigenvalue weighted by Gasteiger charge is 2.75. The molecule has 5 rings (SSSR count). The van der Waals surface area contributed by atoms with Crippen molar-refractivity contribution in [2.45, 2.75) is 62.9 Å². The molecule has 0 saturated carbocycles.